The van der Waals surface area contributed by atoms with Crippen LogP contribution in [-0.2, 0) is 0 Å². The van der Waals surface area contributed by atoms with Gasteiger partial charge in [0.2, 0.25) is 0 Å². The van der Waals surface area contributed by atoms with Gasteiger partial charge in [-0.25, -0.2) is 8.78 Å². The van der Waals surface area contributed by atoms with Gasteiger partial charge in [0, 0.05) is 0 Å². The molecule has 5 nitrogen and oxygen atoms in total. The molecule has 0 saturated carbocycles. The first kappa shape index (κ1) is 18.4. The van der Waals surface area contributed by atoms with Crippen molar-refractivity contribution in [1.29, 1.82) is 0 Å². The summed E-state index contributed by atoms with van der Waals surface area (Å²) < 4.78 is 44.1. The molecule has 7 heteroatoms. The summed E-state index contributed by atoms with van der Waals surface area (Å²) >= 11 is 0. The van der Waals surface area contributed by atoms with Crippen molar-refractivity contribution in [1.82, 2.24) is 0 Å². The molecule has 25 heavy (non-hydrogen) atoms. The van der Waals surface area contributed by atoms with E-state index < -0.39 is 22.8 Å². The Morgan fingerprint density at radius 1 is 0.800 bits per heavy atom. The molecular weight excluding hydrogens is 334 g/mol. The van der Waals surface area contributed by atoms with E-state index in [0.29, 0.717) is 0 Å². The summed E-state index contributed by atoms with van der Waals surface area (Å²) in [6, 6.07) is 4.66. The second kappa shape index (κ2) is 8.23. The van der Waals surface area contributed by atoms with E-state index in [0.717, 1.165) is 12.1 Å². The second-order valence-corrected chi connectivity index (χ2v) is 4.78. The monoisotopic (exact) mass is 350 g/mol. The zero-order chi connectivity index (χ0) is 18.4. The maximum absolute atomic E-state index is 13.9. The molecule has 0 heterocycles. The third-order valence-corrected chi connectivity index (χ3v) is 3.25. The summed E-state index contributed by atoms with van der Waals surface area (Å²) in [6.45, 7) is 3.83. The minimum absolute atomic E-state index is 0.0783. The third kappa shape index (κ3) is 3.76. The molecule has 0 unspecified atom stereocenters. The van der Waals surface area contributed by atoms with Crippen LogP contribution in [0.2, 0.25) is 0 Å². The number of rotatable bonds is 8. The lowest BCUT2D eigenvalue weighted by molar-refractivity contribution is 0.111. The first-order valence-electron chi connectivity index (χ1n) is 7.56. The predicted octanol–water partition coefficient (Wildman–Crippen LogP) is 4.18. The largest absolute Gasteiger partial charge is 0.490 e. The molecule has 2 aromatic carbocycles. The van der Waals surface area contributed by atoms with Gasteiger partial charge in [0.1, 0.15) is 11.6 Å². The van der Waals surface area contributed by atoms with Crippen molar-refractivity contribution >= 4 is 12.6 Å². The number of ether oxygens (including phenoxy) is 3. The summed E-state index contributed by atoms with van der Waals surface area (Å²) in [4.78, 5) is 22.6. The Balaban J connectivity index is 2.66. The lowest BCUT2D eigenvalue weighted by atomic mass is 10.1. The average molecular weight is 350 g/mol. The molecular formula is C18H16F2O5. The molecule has 0 aliphatic rings. The number of carbonyl (C=O) groups excluding carboxylic acids is 2. The van der Waals surface area contributed by atoms with Crippen LogP contribution in [0.3, 0.4) is 0 Å². The maximum atomic E-state index is 13.9. The first-order valence-corrected chi connectivity index (χ1v) is 7.56. The molecule has 0 radical (unpaired) electrons. The van der Waals surface area contributed by atoms with Gasteiger partial charge in [-0.1, -0.05) is 0 Å². The summed E-state index contributed by atoms with van der Waals surface area (Å²) in [5.41, 5.74) is -0.816. The highest BCUT2D eigenvalue weighted by molar-refractivity contribution is 5.84. The quantitative estimate of drug-likeness (QED) is 0.669. The number of hydrogen-bond acceptors (Lipinski definition) is 5. The molecule has 0 N–H and O–H groups in total. The fourth-order valence-corrected chi connectivity index (χ4v) is 2.18. The van der Waals surface area contributed by atoms with Crippen molar-refractivity contribution in [3.63, 3.8) is 0 Å². The summed E-state index contributed by atoms with van der Waals surface area (Å²) in [7, 11) is 0. The van der Waals surface area contributed by atoms with E-state index in [1.807, 2.05) is 0 Å². The SMILES string of the molecule is CCOc1ccc(F)c(C=O)c1Oc1c(OCC)ccc(F)c1C=O. The minimum Gasteiger partial charge on any atom is -0.490 e. The van der Waals surface area contributed by atoms with E-state index in [2.05, 4.69) is 0 Å². The van der Waals surface area contributed by atoms with Crippen molar-refractivity contribution in [2.75, 3.05) is 13.2 Å². The third-order valence-electron chi connectivity index (χ3n) is 3.25. The predicted molar refractivity (Wildman–Crippen MR) is 86.0 cm³/mol. The highest BCUT2D eigenvalue weighted by atomic mass is 19.1. The molecule has 0 spiro atoms. The van der Waals surface area contributed by atoms with Gasteiger partial charge in [0.25, 0.3) is 0 Å². The molecule has 0 saturated heterocycles. The number of hydrogen-bond donors (Lipinski definition) is 0. The number of halogens is 2. The Labute approximate surface area is 143 Å². The molecule has 0 atom stereocenters. The molecule has 0 bridgehead atoms. The first-order chi connectivity index (χ1) is 12.1. The smallest absolute Gasteiger partial charge is 0.182 e. The summed E-state index contributed by atoms with van der Waals surface area (Å²) in [6.07, 6.45) is 0.515. The fourth-order valence-electron chi connectivity index (χ4n) is 2.18. The van der Waals surface area contributed by atoms with Crippen molar-refractivity contribution in [2.45, 2.75) is 13.8 Å². The molecule has 0 amide bonds. The number of benzene rings is 2. The maximum Gasteiger partial charge on any atom is 0.182 e. The van der Waals surface area contributed by atoms with Crippen LogP contribution in [0, 0.1) is 11.6 Å². The van der Waals surface area contributed by atoms with Gasteiger partial charge in [-0.3, -0.25) is 9.59 Å². The van der Waals surface area contributed by atoms with E-state index in [-0.39, 0.29) is 48.8 Å². The van der Waals surface area contributed by atoms with Crippen molar-refractivity contribution < 1.29 is 32.6 Å². The second-order valence-electron chi connectivity index (χ2n) is 4.78. The van der Waals surface area contributed by atoms with Crippen LogP contribution >= 0.6 is 0 Å². The molecule has 2 rings (SSSR count). The highest BCUT2D eigenvalue weighted by Crippen LogP contribution is 2.41. The lowest BCUT2D eigenvalue weighted by Gasteiger charge is -2.17. The van der Waals surface area contributed by atoms with Crippen LogP contribution < -0.4 is 14.2 Å². The van der Waals surface area contributed by atoms with Crippen LogP contribution in [0.4, 0.5) is 8.78 Å². The van der Waals surface area contributed by atoms with Crippen LogP contribution in [-0.4, -0.2) is 25.8 Å². The Bertz CT molecular complexity index is 724. The van der Waals surface area contributed by atoms with Gasteiger partial charge in [0.15, 0.2) is 35.6 Å². The summed E-state index contributed by atoms with van der Waals surface area (Å²) in [5.74, 6) is -2.03. The average Bonchev–Trinajstić information content (AvgIpc) is 2.60. The van der Waals surface area contributed by atoms with Crippen LogP contribution in [0.25, 0.3) is 0 Å². The molecule has 2 aromatic rings. The van der Waals surface area contributed by atoms with Crippen LogP contribution in [0.1, 0.15) is 34.6 Å². The molecule has 0 aliphatic carbocycles. The topological polar surface area (TPSA) is 61.8 Å². The Morgan fingerprint density at radius 2 is 1.20 bits per heavy atom. The van der Waals surface area contributed by atoms with Gasteiger partial charge >= 0.3 is 0 Å². The molecule has 0 aromatic heterocycles. The van der Waals surface area contributed by atoms with Crippen molar-refractivity contribution in [3.05, 3.63) is 47.0 Å². The Hall–Kier alpha value is -2.96. The molecule has 0 aliphatic heterocycles. The van der Waals surface area contributed by atoms with Gasteiger partial charge in [-0.15, -0.1) is 0 Å². The van der Waals surface area contributed by atoms with E-state index in [4.69, 9.17) is 14.2 Å². The highest BCUT2D eigenvalue weighted by Gasteiger charge is 2.22. The van der Waals surface area contributed by atoms with E-state index in [1.165, 1.54) is 12.1 Å². The minimum atomic E-state index is -0.838. The van der Waals surface area contributed by atoms with Gasteiger partial charge in [-0.2, -0.15) is 0 Å². The van der Waals surface area contributed by atoms with Crippen molar-refractivity contribution in [2.24, 2.45) is 0 Å². The lowest BCUT2D eigenvalue weighted by Crippen LogP contribution is -2.04. The number of aldehydes is 2. The summed E-state index contributed by atoms with van der Waals surface area (Å²) in [5, 5.41) is 0. The van der Waals surface area contributed by atoms with E-state index in [9.17, 15) is 18.4 Å². The van der Waals surface area contributed by atoms with Gasteiger partial charge < -0.3 is 14.2 Å². The normalized spacial score (nSPS) is 10.2. The Morgan fingerprint density at radius 3 is 1.52 bits per heavy atom. The van der Waals surface area contributed by atoms with Crippen molar-refractivity contribution in [3.8, 4) is 23.0 Å². The molecule has 132 valence electrons. The van der Waals surface area contributed by atoms with Crippen LogP contribution in [0.15, 0.2) is 24.3 Å². The van der Waals surface area contributed by atoms with Gasteiger partial charge in [0.05, 0.1) is 24.3 Å². The number of carbonyl (C=O) groups is 2. The Kier molecular flexibility index (Phi) is 6.05. The van der Waals surface area contributed by atoms with Gasteiger partial charge in [-0.05, 0) is 38.1 Å². The zero-order valence-corrected chi connectivity index (χ0v) is 13.7. The van der Waals surface area contributed by atoms with E-state index >= 15 is 0 Å². The van der Waals surface area contributed by atoms with Crippen LogP contribution in [0.5, 0.6) is 23.0 Å². The molecule has 0 fully saturated rings. The van der Waals surface area contributed by atoms with E-state index in [1.54, 1.807) is 13.8 Å². The zero-order valence-electron chi connectivity index (χ0n) is 13.7. The standard InChI is InChI=1S/C18H16F2O5/c1-3-23-15-7-5-13(19)11(9-21)17(15)25-18-12(10-22)14(20)6-8-16(18)24-4-2/h5-10H,3-4H2,1-2H3. The fraction of sp³-hybridized carbons (Fsp3) is 0.222.